The molecule has 0 radical (unpaired) electrons. The van der Waals surface area contributed by atoms with E-state index < -0.39 is 5.97 Å². The number of fused-ring (bicyclic) bond motifs is 1. The highest BCUT2D eigenvalue weighted by Gasteiger charge is 2.16. The van der Waals surface area contributed by atoms with E-state index in [9.17, 15) is 9.59 Å². The third-order valence-corrected chi connectivity index (χ3v) is 3.95. The maximum atomic E-state index is 12.3. The fourth-order valence-electron chi connectivity index (χ4n) is 2.84. The van der Waals surface area contributed by atoms with Gasteiger partial charge in [-0.25, -0.2) is 0 Å². The highest BCUT2D eigenvalue weighted by molar-refractivity contribution is 5.95. The van der Waals surface area contributed by atoms with Crippen molar-refractivity contribution in [3.63, 3.8) is 0 Å². The monoisotopic (exact) mass is 336 g/mol. The molecule has 0 aliphatic carbocycles. The zero-order valence-corrected chi connectivity index (χ0v) is 14.0. The van der Waals surface area contributed by atoms with Gasteiger partial charge in [-0.2, -0.15) is 0 Å². The van der Waals surface area contributed by atoms with E-state index in [-0.39, 0.29) is 18.9 Å². The van der Waals surface area contributed by atoms with Crippen molar-refractivity contribution in [1.82, 2.24) is 10.3 Å². The molecule has 0 saturated heterocycles. The van der Waals surface area contributed by atoms with Crippen LogP contribution >= 0.6 is 0 Å². The number of benzene rings is 2. The van der Waals surface area contributed by atoms with Gasteiger partial charge >= 0.3 is 5.97 Å². The van der Waals surface area contributed by atoms with E-state index in [1.165, 1.54) is 0 Å². The van der Waals surface area contributed by atoms with E-state index in [1.54, 1.807) is 6.92 Å². The molecule has 0 bridgehead atoms. The van der Waals surface area contributed by atoms with Crippen LogP contribution in [0.4, 0.5) is 0 Å². The number of ether oxygens (including phenoxy) is 1. The van der Waals surface area contributed by atoms with E-state index in [0.29, 0.717) is 6.61 Å². The third kappa shape index (κ3) is 3.88. The first-order valence-electron chi connectivity index (χ1n) is 8.26. The minimum absolute atomic E-state index is 0.115. The Labute approximate surface area is 146 Å². The minimum atomic E-state index is -0.432. The molecule has 0 fully saturated rings. The molecule has 128 valence electrons. The summed E-state index contributed by atoms with van der Waals surface area (Å²) < 4.78 is 4.83. The normalized spacial score (nSPS) is 10.6. The van der Waals surface area contributed by atoms with Gasteiger partial charge in [0, 0.05) is 10.9 Å². The Morgan fingerprint density at radius 1 is 1.04 bits per heavy atom. The molecular formula is C20H20N2O3. The van der Waals surface area contributed by atoms with Crippen molar-refractivity contribution in [2.24, 2.45) is 0 Å². The lowest BCUT2D eigenvalue weighted by atomic mass is 10.0. The van der Waals surface area contributed by atoms with Crippen molar-refractivity contribution in [2.75, 3.05) is 13.2 Å². The van der Waals surface area contributed by atoms with Gasteiger partial charge in [0.2, 0.25) is 5.91 Å². The summed E-state index contributed by atoms with van der Waals surface area (Å²) in [5, 5.41) is 3.63. The number of hydrogen-bond donors (Lipinski definition) is 2. The zero-order valence-electron chi connectivity index (χ0n) is 14.0. The van der Waals surface area contributed by atoms with Crippen molar-refractivity contribution in [1.29, 1.82) is 0 Å². The fraction of sp³-hybridized carbons (Fsp3) is 0.200. The molecule has 3 aromatic rings. The van der Waals surface area contributed by atoms with Crippen LogP contribution < -0.4 is 5.32 Å². The van der Waals surface area contributed by atoms with Crippen molar-refractivity contribution in [3.05, 3.63) is 60.2 Å². The van der Waals surface area contributed by atoms with Crippen LogP contribution in [0.5, 0.6) is 0 Å². The summed E-state index contributed by atoms with van der Waals surface area (Å²) in [4.78, 5) is 27.1. The molecule has 0 spiro atoms. The van der Waals surface area contributed by atoms with Crippen LogP contribution in [0, 0.1) is 0 Å². The molecule has 5 heteroatoms. The molecule has 0 saturated carbocycles. The van der Waals surface area contributed by atoms with E-state index >= 15 is 0 Å². The number of rotatable bonds is 6. The Hall–Kier alpha value is -3.08. The largest absolute Gasteiger partial charge is 0.465 e. The molecule has 3 rings (SSSR count). The topological polar surface area (TPSA) is 71.2 Å². The van der Waals surface area contributed by atoms with Crippen LogP contribution in [0.3, 0.4) is 0 Å². The first-order chi connectivity index (χ1) is 12.2. The molecule has 1 heterocycles. The lowest BCUT2D eigenvalue weighted by molar-refractivity contribution is -0.143. The molecule has 0 aliphatic rings. The summed E-state index contributed by atoms with van der Waals surface area (Å²) in [5.41, 5.74) is 3.85. The van der Waals surface area contributed by atoms with Crippen LogP contribution in [0.1, 0.15) is 12.5 Å². The fourth-order valence-corrected chi connectivity index (χ4v) is 2.84. The number of nitrogens with one attached hydrogen (secondary N) is 2. The van der Waals surface area contributed by atoms with E-state index in [0.717, 1.165) is 27.7 Å². The molecule has 0 atom stereocenters. The number of amides is 1. The molecule has 1 amide bonds. The van der Waals surface area contributed by atoms with Gasteiger partial charge in [-0.1, -0.05) is 48.5 Å². The summed E-state index contributed by atoms with van der Waals surface area (Å²) >= 11 is 0. The first kappa shape index (κ1) is 16.8. The van der Waals surface area contributed by atoms with Crippen molar-refractivity contribution in [2.45, 2.75) is 13.3 Å². The number of H-pyrrole nitrogens is 1. The number of aromatic amines is 1. The van der Waals surface area contributed by atoms with Crippen molar-refractivity contribution < 1.29 is 14.3 Å². The number of aromatic nitrogens is 1. The predicted molar refractivity (Wildman–Crippen MR) is 97.1 cm³/mol. The summed E-state index contributed by atoms with van der Waals surface area (Å²) in [7, 11) is 0. The molecular weight excluding hydrogens is 316 g/mol. The van der Waals surface area contributed by atoms with Gasteiger partial charge in [0.05, 0.1) is 18.7 Å². The maximum Gasteiger partial charge on any atom is 0.325 e. The van der Waals surface area contributed by atoms with Crippen LogP contribution in [-0.4, -0.2) is 30.0 Å². The number of para-hydroxylation sites is 1. The molecule has 1 aromatic heterocycles. The van der Waals surface area contributed by atoms with Gasteiger partial charge < -0.3 is 15.0 Å². The second-order valence-electron chi connectivity index (χ2n) is 5.65. The quantitative estimate of drug-likeness (QED) is 0.680. The average Bonchev–Trinajstić information content (AvgIpc) is 3.00. The van der Waals surface area contributed by atoms with E-state index in [1.807, 2.05) is 54.6 Å². The summed E-state index contributed by atoms with van der Waals surface area (Å²) in [6.45, 7) is 1.92. The van der Waals surface area contributed by atoms with Crippen molar-refractivity contribution in [3.8, 4) is 11.3 Å². The van der Waals surface area contributed by atoms with Gasteiger partial charge in [0.15, 0.2) is 0 Å². The predicted octanol–water partition coefficient (Wildman–Crippen LogP) is 3.06. The summed E-state index contributed by atoms with van der Waals surface area (Å²) in [6, 6.07) is 17.8. The van der Waals surface area contributed by atoms with Crippen LogP contribution in [-0.2, 0) is 20.7 Å². The van der Waals surface area contributed by atoms with Crippen LogP contribution in [0.15, 0.2) is 54.6 Å². The highest BCUT2D eigenvalue weighted by atomic mass is 16.5. The second-order valence-corrected chi connectivity index (χ2v) is 5.65. The lowest BCUT2D eigenvalue weighted by Gasteiger charge is -2.07. The van der Waals surface area contributed by atoms with Gasteiger partial charge in [-0.05, 0) is 24.1 Å². The Balaban J connectivity index is 1.87. The number of esters is 1. The summed E-state index contributed by atoms with van der Waals surface area (Å²) in [6.07, 6.45) is 0.188. The Morgan fingerprint density at radius 3 is 2.52 bits per heavy atom. The van der Waals surface area contributed by atoms with E-state index in [2.05, 4.69) is 10.3 Å². The minimum Gasteiger partial charge on any atom is -0.465 e. The van der Waals surface area contributed by atoms with E-state index in [4.69, 9.17) is 4.74 Å². The second kappa shape index (κ2) is 7.66. The van der Waals surface area contributed by atoms with Gasteiger partial charge in [-0.15, -0.1) is 0 Å². The molecule has 25 heavy (non-hydrogen) atoms. The average molecular weight is 336 g/mol. The standard InChI is InChI=1S/C20H20N2O3/c1-2-25-19(24)13-21-18(23)12-16-15-10-6-7-11-17(15)22-20(16)14-8-4-3-5-9-14/h3-11,22H,2,12-13H2,1H3,(H,21,23). The molecule has 2 N–H and O–H groups in total. The lowest BCUT2D eigenvalue weighted by Crippen LogP contribution is -2.31. The van der Waals surface area contributed by atoms with Gasteiger partial charge in [0.1, 0.15) is 6.54 Å². The summed E-state index contributed by atoms with van der Waals surface area (Å²) in [5.74, 6) is -0.645. The smallest absolute Gasteiger partial charge is 0.325 e. The van der Waals surface area contributed by atoms with Crippen LogP contribution in [0.2, 0.25) is 0 Å². The molecule has 2 aromatic carbocycles. The molecule has 0 aliphatic heterocycles. The Kier molecular flexibility index (Phi) is 5.14. The van der Waals surface area contributed by atoms with Gasteiger partial charge in [0.25, 0.3) is 0 Å². The SMILES string of the molecule is CCOC(=O)CNC(=O)Cc1c(-c2ccccc2)[nH]c2ccccc12. The first-order valence-corrected chi connectivity index (χ1v) is 8.26. The maximum absolute atomic E-state index is 12.3. The number of carbonyl (C=O) groups excluding carboxylic acids is 2. The van der Waals surface area contributed by atoms with Gasteiger partial charge in [-0.3, -0.25) is 9.59 Å². The zero-order chi connectivity index (χ0) is 17.6. The van der Waals surface area contributed by atoms with Crippen LogP contribution in [0.25, 0.3) is 22.2 Å². The number of hydrogen-bond acceptors (Lipinski definition) is 3. The Morgan fingerprint density at radius 2 is 1.76 bits per heavy atom. The number of carbonyl (C=O) groups is 2. The molecule has 5 nitrogen and oxygen atoms in total. The third-order valence-electron chi connectivity index (χ3n) is 3.95. The van der Waals surface area contributed by atoms with Crippen molar-refractivity contribution >= 4 is 22.8 Å². The molecule has 0 unspecified atom stereocenters. The Bertz CT molecular complexity index is 884. The highest BCUT2D eigenvalue weighted by Crippen LogP contribution is 2.30.